The van der Waals surface area contributed by atoms with E-state index >= 15 is 0 Å². The maximum absolute atomic E-state index is 14.1. The number of benzene rings is 1. The summed E-state index contributed by atoms with van der Waals surface area (Å²) in [4.78, 5) is 15.0. The van der Waals surface area contributed by atoms with Crippen molar-refractivity contribution < 1.29 is 13.0 Å². The highest BCUT2D eigenvalue weighted by molar-refractivity contribution is 7.89. The van der Waals surface area contributed by atoms with E-state index in [1.54, 1.807) is 36.5 Å². The second-order valence-corrected chi connectivity index (χ2v) is 11.3. The van der Waals surface area contributed by atoms with Gasteiger partial charge in [0, 0.05) is 64.8 Å². The molecule has 6 rings (SSSR count). The third kappa shape index (κ3) is 4.64. The summed E-state index contributed by atoms with van der Waals surface area (Å²) >= 11 is 0. The fraction of sp³-hybridized carbons (Fsp3) is 0.308. The van der Waals surface area contributed by atoms with E-state index in [1.807, 2.05) is 15.9 Å². The lowest BCUT2D eigenvalue weighted by Crippen LogP contribution is -2.50. The lowest BCUT2D eigenvalue weighted by Gasteiger charge is -2.38. The summed E-state index contributed by atoms with van der Waals surface area (Å²) in [5, 5.41) is 25.9. The van der Waals surface area contributed by atoms with Crippen LogP contribution >= 0.6 is 0 Å². The van der Waals surface area contributed by atoms with E-state index in [9.17, 15) is 8.42 Å². The Morgan fingerprint density at radius 2 is 1.25 bits per heavy atom. The number of hydrogen-bond acceptors (Lipinski definition) is 12. The summed E-state index contributed by atoms with van der Waals surface area (Å²) in [6, 6.07) is 14.7. The Labute approximate surface area is 230 Å². The van der Waals surface area contributed by atoms with Gasteiger partial charge in [0.2, 0.25) is 10.0 Å². The second-order valence-electron chi connectivity index (χ2n) is 9.44. The minimum atomic E-state index is -3.95. The van der Waals surface area contributed by atoms with Gasteiger partial charge in [-0.2, -0.15) is 14.8 Å². The highest BCUT2D eigenvalue weighted by Gasteiger charge is 2.35. The van der Waals surface area contributed by atoms with E-state index in [2.05, 4.69) is 37.3 Å². The van der Waals surface area contributed by atoms with Gasteiger partial charge in [0.05, 0.1) is 16.8 Å². The number of anilines is 3. The number of rotatable bonds is 5. The zero-order valence-electron chi connectivity index (χ0n) is 21.4. The number of hydrogen-bond donors (Lipinski definition) is 0. The molecule has 2 aliphatic rings. The first-order valence-corrected chi connectivity index (χ1v) is 14.1. The van der Waals surface area contributed by atoms with E-state index in [4.69, 9.17) is 15.2 Å². The molecule has 0 spiro atoms. The molecule has 0 aliphatic carbocycles. The quantitative estimate of drug-likeness (QED) is 0.350. The first-order chi connectivity index (χ1) is 19.5. The largest absolute Gasteiger partial charge is 0.367 e. The van der Waals surface area contributed by atoms with Crippen LogP contribution in [0.3, 0.4) is 0 Å². The van der Waals surface area contributed by atoms with Crippen LogP contribution in [0.2, 0.25) is 0 Å². The molecule has 0 N–H and O–H groups in total. The van der Waals surface area contributed by atoms with Gasteiger partial charge < -0.3 is 14.7 Å². The monoisotopic (exact) mass is 556 g/mol. The molecule has 4 aromatic rings. The van der Waals surface area contributed by atoms with Gasteiger partial charge in [-0.3, -0.25) is 0 Å². The van der Waals surface area contributed by atoms with E-state index in [0.29, 0.717) is 67.4 Å². The predicted octanol–water partition coefficient (Wildman–Crippen LogP) is 1.59. The fourth-order valence-corrected chi connectivity index (χ4v) is 6.81. The minimum Gasteiger partial charge on any atom is -0.367 e. The van der Waals surface area contributed by atoms with Gasteiger partial charge in [-0.15, -0.1) is 0 Å². The average Bonchev–Trinajstić information content (AvgIpc) is 3.50. The molecule has 0 amide bonds. The van der Waals surface area contributed by atoms with Gasteiger partial charge in [-0.25, -0.2) is 23.0 Å². The fourth-order valence-electron chi connectivity index (χ4n) is 5.06. The molecular formula is C26H24N10O3S. The highest BCUT2D eigenvalue weighted by Crippen LogP contribution is 2.35. The molecule has 2 saturated heterocycles. The molecule has 13 nitrogen and oxygen atoms in total. The Balaban J connectivity index is 1.23. The molecule has 2 fully saturated rings. The normalized spacial score (nSPS) is 16.6. The van der Waals surface area contributed by atoms with Crippen molar-refractivity contribution in [2.24, 2.45) is 0 Å². The summed E-state index contributed by atoms with van der Waals surface area (Å²) < 4.78 is 34.6. The molecule has 14 heteroatoms. The highest BCUT2D eigenvalue weighted by atomic mass is 32.2. The van der Waals surface area contributed by atoms with Crippen molar-refractivity contribution in [1.82, 2.24) is 24.6 Å². The number of sulfonamides is 1. The maximum Gasteiger partial charge on any atom is 0.247 e. The van der Waals surface area contributed by atoms with E-state index in [1.165, 1.54) is 10.5 Å². The Bertz CT molecular complexity index is 1710. The molecular weight excluding hydrogens is 532 g/mol. The molecule has 0 radical (unpaired) electrons. The predicted molar refractivity (Wildman–Crippen MR) is 145 cm³/mol. The summed E-state index contributed by atoms with van der Waals surface area (Å²) in [6.07, 6.45) is 3.06. The first-order valence-electron chi connectivity index (χ1n) is 12.7. The zero-order valence-corrected chi connectivity index (χ0v) is 22.2. The molecule has 3 aromatic heterocycles. The molecule has 0 saturated carbocycles. The first kappa shape index (κ1) is 25.5. The number of piperazine rings is 2. The van der Waals surface area contributed by atoms with Gasteiger partial charge in [-0.05, 0) is 46.7 Å². The van der Waals surface area contributed by atoms with E-state index in [-0.39, 0.29) is 23.5 Å². The average molecular weight is 557 g/mol. The maximum atomic E-state index is 14.1. The third-order valence-electron chi connectivity index (χ3n) is 7.22. The van der Waals surface area contributed by atoms with Crippen LogP contribution in [-0.4, -0.2) is 85.4 Å². The van der Waals surface area contributed by atoms with Crippen molar-refractivity contribution in [2.75, 3.05) is 67.1 Å². The molecule has 5 heterocycles. The number of nitrogens with zero attached hydrogens (tertiary/aromatic N) is 10. The number of fused-ring (bicyclic) bond motifs is 1. The zero-order chi connectivity index (χ0) is 27.7. The Hall–Kier alpha value is -4.79. The SMILES string of the molecule is N#Cc1ccc(N2CCN(c3ccc4nonc4c3S(=O)(=O)N3CCN(c4ccc(C#N)cn4)CC3)CC2)nc1. The topological polar surface area (TPSA) is 159 Å². The standard InChI is InChI=1S/C26H24N10O3S/c27-15-19-1-5-23(29-17-19)34-9-7-33(8-10-34)22-4-3-21-25(32-39-31-21)26(22)40(37,38)36-13-11-35(12-14-36)24-6-2-20(16-28)18-30-24/h1-6,17-18H,7-14H2. The van der Waals surface area contributed by atoms with Crippen molar-refractivity contribution in [3.8, 4) is 12.1 Å². The van der Waals surface area contributed by atoms with Crippen LogP contribution in [0.15, 0.2) is 58.3 Å². The lowest BCUT2D eigenvalue weighted by molar-refractivity contribution is 0.315. The minimum absolute atomic E-state index is 0.0983. The summed E-state index contributed by atoms with van der Waals surface area (Å²) in [5.41, 5.74) is 2.13. The van der Waals surface area contributed by atoms with Crippen molar-refractivity contribution in [3.05, 3.63) is 59.9 Å². The van der Waals surface area contributed by atoms with Crippen LogP contribution in [0, 0.1) is 22.7 Å². The lowest BCUT2D eigenvalue weighted by atomic mass is 10.2. The molecule has 1 aromatic carbocycles. The summed E-state index contributed by atoms with van der Waals surface area (Å²) in [5.74, 6) is 1.48. The van der Waals surface area contributed by atoms with Gasteiger partial charge in [0.15, 0.2) is 5.52 Å². The van der Waals surface area contributed by atoms with Crippen molar-refractivity contribution in [3.63, 3.8) is 0 Å². The smallest absolute Gasteiger partial charge is 0.247 e. The van der Waals surface area contributed by atoms with Crippen molar-refractivity contribution in [2.45, 2.75) is 4.90 Å². The van der Waals surface area contributed by atoms with Crippen molar-refractivity contribution >= 4 is 38.4 Å². The van der Waals surface area contributed by atoms with Gasteiger partial charge in [0.1, 0.15) is 34.2 Å². The van der Waals surface area contributed by atoms with Crippen LogP contribution in [0.1, 0.15) is 11.1 Å². The van der Waals surface area contributed by atoms with Crippen LogP contribution in [0.25, 0.3) is 11.0 Å². The van der Waals surface area contributed by atoms with Gasteiger partial charge >= 0.3 is 0 Å². The Kier molecular flexibility index (Phi) is 6.63. The molecule has 0 bridgehead atoms. The van der Waals surface area contributed by atoms with Crippen LogP contribution < -0.4 is 14.7 Å². The van der Waals surface area contributed by atoms with Gasteiger partial charge in [0.25, 0.3) is 0 Å². The van der Waals surface area contributed by atoms with Gasteiger partial charge in [-0.1, -0.05) is 0 Å². The summed E-state index contributed by atoms with van der Waals surface area (Å²) in [7, 11) is -3.95. The molecule has 0 atom stereocenters. The van der Waals surface area contributed by atoms with Crippen LogP contribution in [-0.2, 0) is 10.0 Å². The summed E-state index contributed by atoms with van der Waals surface area (Å²) in [6.45, 7) is 3.84. The molecule has 0 unspecified atom stereocenters. The third-order valence-corrected chi connectivity index (χ3v) is 9.18. The van der Waals surface area contributed by atoms with Crippen molar-refractivity contribution in [1.29, 1.82) is 10.5 Å². The number of pyridine rings is 2. The number of aromatic nitrogens is 4. The molecule has 202 valence electrons. The number of nitriles is 2. The second kappa shape index (κ2) is 10.4. The van der Waals surface area contributed by atoms with Crippen LogP contribution in [0.4, 0.5) is 17.3 Å². The molecule has 40 heavy (non-hydrogen) atoms. The van der Waals surface area contributed by atoms with E-state index < -0.39 is 10.0 Å². The Morgan fingerprint density at radius 1 is 0.700 bits per heavy atom. The Morgan fingerprint density at radius 3 is 1.77 bits per heavy atom. The van der Waals surface area contributed by atoms with E-state index in [0.717, 1.165) is 5.82 Å². The van der Waals surface area contributed by atoms with Crippen LogP contribution in [0.5, 0.6) is 0 Å². The molecule has 2 aliphatic heterocycles.